The zero-order chi connectivity index (χ0) is 12.6. The van der Waals surface area contributed by atoms with Gasteiger partial charge in [0, 0.05) is 11.6 Å². The summed E-state index contributed by atoms with van der Waals surface area (Å²) in [6.45, 7) is 6.05. The third-order valence-corrected chi connectivity index (χ3v) is 2.69. The quantitative estimate of drug-likeness (QED) is 0.744. The van der Waals surface area contributed by atoms with Crippen molar-refractivity contribution >= 4 is 11.6 Å². The molecule has 0 aliphatic heterocycles. The highest BCUT2D eigenvalue weighted by Crippen LogP contribution is 2.19. The van der Waals surface area contributed by atoms with Gasteiger partial charge in [-0.05, 0) is 19.1 Å². The lowest BCUT2D eigenvalue weighted by Gasteiger charge is -2.08. The second-order valence-electron chi connectivity index (χ2n) is 4.25. The van der Waals surface area contributed by atoms with Crippen LogP contribution in [0.5, 0.6) is 0 Å². The zero-order valence-corrected chi connectivity index (χ0v) is 10.4. The summed E-state index contributed by atoms with van der Waals surface area (Å²) in [4.78, 5) is 11.6. The molecule has 0 aliphatic rings. The first kappa shape index (κ1) is 11.6. The Morgan fingerprint density at radius 1 is 1.35 bits per heavy atom. The number of nitrogens with zero attached hydrogens (tertiary/aromatic N) is 3. The molecule has 0 N–H and O–H groups in total. The molecule has 17 heavy (non-hydrogen) atoms. The minimum atomic E-state index is -0.391. The number of rotatable bonds is 2. The monoisotopic (exact) mass is 233 g/mol. The van der Waals surface area contributed by atoms with E-state index in [0.717, 1.165) is 11.5 Å². The van der Waals surface area contributed by atoms with Crippen molar-refractivity contribution in [2.75, 3.05) is 7.11 Å². The van der Waals surface area contributed by atoms with Gasteiger partial charge in [-0.25, -0.2) is 4.79 Å². The Balaban J connectivity index is 2.76. The van der Waals surface area contributed by atoms with Gasteiger partial charge in [0.15, 0.2) is 5.65 Å². The molecule has 0 fully saturated rings. The van der Waals surface area contributed by atoms with Crippen LogP contribution in [-0.4, -0.2) is 27.7 Å². The van der Waals surface area contributed by atoms with Crippen molar-refractivity contribution in [3.05, 3.63) is 29.2 Å². The number of hydrogen-bond acceptors (Lipinski definition) is 4. The van der Waals surface area contributed by atoms with Crippen LogP contribution < -0.4 is 0 Å². The number of aromatic nitrogens is 3. The number of methoxy groups -OCH3 is 1. The van der Waals surface area contributed by atoms with Gasteiger partial charge in [0.2, 0.25) is 0 Å². The standard InChI is InChI=1S/C12H15N3O2/c1-7(2)10-13-14-11-9(12(16)17-4)6-5-8(3)15(10)11/h5-7H,1-4H3. The van der Waals surface area contributed by atoms with Gasteiger partial charge in [-0.3, -0.25) is 4.40 Å². The van der Waals surface area contributed by atoms with Crippen LogP contribution in [0.25, 0.3) is 5.65 Å². The Morgan fingerprint density at radius 2 is 2.06 bits per heavy atom. The van der Waals surface area contributed by atoms with Crippen molar-refractivity contribution in [3.8, 4) is 0 Å². The first-order valence-corrected chi connectivity index (χ1v) is 5.49. The van der Waals surface area contributed by atoms with Crippen LogP contribution in [0.15, 0.2) is 12.1 Å². The van der Waals surface area contributed by atoms with Gasteiger partial charge in [-0.2, -0.15) is 0 Å². The highest BCUT2D eigenvalue weighted by Gasteiger charge is 2.18. The molecule has 2 rings (SSSR count). The maximum Gasteiger partial charge on any atom is 0.341 e. The predicted molar refractivity (Wildman–Crippen MR) is 63.2 cm³/mol. The van der Waals surface area contributed by atoms with E-state index in [0.29, 0.717) is 11.2 Å². The Hall–Kier alpha value is -1.91. The molecule has 0 atom stereocenters. The van der Waals surface area contributed by atoms with E-state index in [1.54, 1.807) is 6.07 Å². The maximum absolute atomic E-state index is 11.6. The molecule has 0 amide bonds. The predicted octanol–water partition coefficient (Wildman–Crippen LogP) is 1.95. The van der Waals surface area contributed by atoms with Crippen molar-refractivity contribution < 1.29 is 9.53 Å². The molecule has 0 aliphatic carbocycles. The Morgan fingerprint density at radius 3 is 2.65 bits per heavy atom. The van der Waals surface area contributed by atoms with Gasteiger partial charge in [0.25, 0.3) is 0 Å². The highest BCUT2D eigenvalue weighted by atomic mass is 16.5. The number of fused-ring (bicyclic) bond motifs is 1. The summed E-state index contributed by atoms with van der Waals surface area (Å²) in [5, 5.41) is 8.22. The van der Waals surface area contributed by atoms with Crippen LogP contribution >= 0.6 is 0 Å². The van der Waals surface area contributed by atoms with E-state index < -0.39 is 5.97 Å². The summed E-state index contributed by atoms with van der Waals surface area (Å²) in [5.41, 5.74) is 2.00. The van der Waals surface area contributed by atoms with Gasteiger partial charge in [0.05, 0.1) is 7.11 Å². The summed E-state index contributed by atoms with van der Waals surface area (Å²) < 4.78 is 6.63. The Labute approximate surface area is 99.4 Å². The van der Waals surface area contributed by atoms with Gasteiger partial charge in [0.1, 0.15) is 11.4 Å². The number of carbonyl (C=O) groups is 1. The summed E-state index contributed by atoms with van der Waals surface area (Å²) in [6, 6.07) is 3.59. The zero-order valence-electron chi connectivity index (χ0n) is 10.4. The van der Waals surface area contributed by atoms with E-state index >= 15 is 0 Å². The lowest BCUT2D eigenvalue weighted by molar-refractivity contribution is 0.0602. The minimum absolute atomic E-state index is 0.247. The van der Waals surface area contributed by atoms with Crippen LogP contribution in [0.4, 0.5) is 0 Å². The van der Waals surface area contributed by atoms with E-state index in [1.165, 1.54) is 7.11 Å². The topological polar surface area (TPSA) is 56.5 Å². The highest BCUT2D eigenvalue weighted by molar-refractivity contribution is 5.95. The number of esters is 1. The maximum atomic E-state index is 11.6. The number of aryl methyl sites for hydroxylation is 1. The van der Waals surface area contributed by atoms with Crippen molar-refractivity contribution in [1.82, 2.24) is 14.6 Å². The third kappa shape index (κ3) is 1.77. The Bertz CT molecular complexity index is 572. The summed E-state index contributed by atoms with van der Waals surface area (Å²) in [6.07, 6.45) is 0. The summed E-state index contributed by atoms with van der Waals surface area (Å²) >= 11 is 0. The second-order valence-corrected chi connectivity index (χ2v) is 4.25. The molecule has 5 nitrogen and oxygen atoms in total. The largest absolute Gasteiger partial charge is 0.465 e. The average Bonchev–Trinajstić information content (AvgIpc) is 2.74. The number of hydrogen-bond donors (Lipinski definition) is 0. The van der Waals surface area contributed by atoms with Crippen LogP contribution in [-0.2, 0) is 4.74 Å². The first-order valence-electron chi connectivity index (χ1n) is 5.49. The molecule has 0 bridgehead atoms. The molecule has 2 aromatic rings. The normalized spacial score (nSPS) is 11.1. The van der Waals surface area contributed by atoms with Gasteiger partial charge in [-0.15, -0.1) is 10.2 Å². The van der Waals surface area contributed by atoms with Gasteiger partial charge < -0.3 is 4.74 Å². The van der Waals surface area contributed by atoms with Gasteiger partial charge >= 0.3 is 5.97 Å². The SMILES string of the molecule is COC(=O)c1ccc(C)n2c(C(C)C)nnc12. The fourth-order valence-electron chi connectivity index (χ4n) is 1.81. The third-order valence-electron chi connectivity index (χ3n) is 2.69. The van der Waals surface area contributed by atoms with E-state index in [-0.39, 0.29) is 5.92 Å². The molecular formula is C12H15N3O2. The smallest absolute Gasteiger partial charge is 0.341 e. The number of ether oxygens (including phenoxy) is 1. The van der Waals surface area contributed by atoms with Crippen LogP contribution in [0.2, 0.25) is 0 Å². The lowest BCUT2D eigenvalue weighted by atomic mass is 10.2. The summed E-state index contributed by atoms with van der Waals surface area (Å²) in [5.74, 6) is 0.706. The van der Waals surface area contributed by atoms with Gasteiger partial charge in [-0.1, -0.05) is 13.8 Å². The van der Waals surface area contributed by atoms with Crippen LogP contribution in [0.1, 0.15) is 41.6 Å². The van der Waals surface area contributed by atoms with E-state index in [9.17, 15) is 4.79 Å². The molecule has 0 saturated carbocycles. The van der Waals surface area contributed by atoms with Crippen molar-refractivity contribution in [1.29, 1.82) is 0 Å². The molecule has 0 saturated heterocycles. The van der Waals surface area contributed by atoms with Crippen molar-refractivity contribution in [2.24, 2.45) is 0 Å². The van der Waals surface area contributed by atoms with E-state index in [1.807, 2.05) is 31.2 Å². The van der Waals surface area contributed by atoms with E-state index in [2.05, 4.69) is 10.2 Å². The Kier molecular flexibility index (Phi) is 2.83. The second kappa shape index (κ2) is 4.16. The average molecular weight is 233 g/mol. The fraction of sp³-hybridized carbons (Fsp3) is 0.417. The lowest BCUT2D eigenvalue weighted by Crippen LogP contribution is -2.07. The molecule has 5 heteroatoms. The van der Waals surface area contributed by atoms with E-state index in [4.69, 9.17) is 4.74 Å². The van der Waals surface area contributed by atoms with Crippen molar-refractivity contribution in [2.45, 2.75) is 26.7 Å². The molecular weight excluding hydrogens is 218 g/mol. The molecule has 2 aromatic heterocycles. The molecule has 90 valence electrons. The fourth-order valence-corrected chi connectivity index (χ4v) is 1.81. The van der Waals surface area contributed by atoms with Crippen LogP contribution in [0.3, 0.4) is 0 Å². The molecule has 0 radical (unpaired) electrons. The summed E-state index contributed by atoms with van der Waals surface area (Å²) in [7, 11) is 1.36. The number of pyridine rings is 1. The van der Waals surface area contributed by atoms with Crippen LogP contribution in [0, 0.1) is 6.92 Å². The molecule has 0 aromatic carbocycles. The number of carbonyl (C=O) groups excluding carboxylic acids is 1. The molecule has 0 spiro atoms. The molecule has 2 heterocycles. The first-order chi connectivity index (χ1) is 8.06. The van der Waals surface area contributed by atoms with Crippen molar-refractivity contribution in [3.63, 3.8) is 0 Å². The molecule has 0 unspecified atom stereocenters. The minimum Gasteiger partial charge on any atom is -0.465 e.